The van der Waals surface area contributed by atoms with Gasteiger partial charge in [-0.25, -0.2) is 10.2 Å². The normalized spacial score (nSPS) is 10.5. The first-order valence-electron chi connectivity index (χ1n) is 12.9. The van der Waals surface area contributed by atoms with E-state index < -0.39 is 11.9 Å². The summed E-state index contributed by atoms with van der Waals surface area (Å²) < 4.78 is 21.4. The highest BCUT2D eigenvalue weighted by molar-refractivity contribution is 6.09. The predicted octanol–water partition coefficient (Wildman–Crippen LogP) is 5.34. The standard InChI is InChI=1S/C32H29N3O7/c1-4-41-29-19-21(9-18-28(29)42-32(38)23-12-16-25(40-3)17-13-23)20-33-35-31(37)26-7-5-6-8-27(26)34-30(36)22-10-14-24(39-2)15-11-22/h5-20H,4H2,1-3H3,(H,34,36)(H,35,37)/b33-20-. The summed E-state index contributed by atoms with van der Waals surface area (Å²) >= 11 is 0. The van der Waals surface area contributed by atoms with E-state index in [0.29, 0.717) is 46.2 Å². The Morgan fingerprint density at radius 3 is 2.05 bits per heavy atom. The molecule has 214 valence electrons. The molecule has 0 heterocycles. The molecular formula is C32H29N3O7. The minimum absolute atomic E-state index is 0.229. The molecule has 4 aromatic rings. The molecule has 0 aliphatic heterocycles. The van der Waals surface area contributed by atoms with Crippen LogP contribution >= 0.6 is 0 Å². The van der Waals surface area contributed by atoms with E-state index in [-0.39, 0.29) is 17.2 Å². The molecule has 0 aliphatic rings. The molecule has 0 saturated heterocycles. The van der Waals surface area contributed by atoms with Crippen LogP contribution in [-0.2, 0) is 0 Å². The number of nitrogens with zero attached hydrogens (tertiary/aromatic N) is 1. The monoisotopic (exact) mass is 567 g/mol. The number of ether oxygens (including phenoxy) is 4. The van der Waals surface area contributed by atoms with Gasteiger partial charge in [-0.2, -0.15) is 5.10 Å². The van der Waals surface area contributed by atoms with Gasteiger partial charge < -0.3 is 24.3 Å². The number of nitrogens with one attached hydrogen (secondary N) is 2. The molecule has 0 bridgehead atoms. The summed E-state index contributed by atoms with van der Waals surface area (Å²) in [7, 11) is 3.09. The third kappa shape index (κ3) is 7.51. The molecule has 4 rings (SSSR count). The van der Waals surface area contributed by atoms with E-state index in [9.17, 15) is 14.4 Å². The average molecular weight is 568 g/mol. The fourth-order valence-electron chi connectivity index (χ4n) is 3.80. The lowest BCUT2D eigenvalue weighted by Gasteiger charge is -2.12. The van der Waals surface area contributed by atoms with Gasteiger partial charge in [-0.3, -0.25) is 9.59 Å². The number of methoxy groups -OCH3 is 2. The van der Waals surface area contributed by atoms with Gasteiger partial charge in [-0.15, -0.1) is 0 Å². The number of amides is 2. The summed E-state index contributed by atoms with van der Waals surface area (Å²) in [4.78, 5) is 38.2. The Morgan fingerprint density at radius 1 is 0.762 bits per heavy atom. The van der Waals surface area contributed by atoms with Gasteiger partial charge in [-0.05, 0) is 91.3 Å². The van der Waals surface area contributed by atoms with Crippen LogP contribution in [0.5, 0.6) is 23.0 Å². The molecule has 2 N–H and O–H groups in total. The number of carbonyl (C=O) groups is 3. The van der Waals surface area contributed by atoms with Crippen molar-refractivity contribution in [2.45, 2.75) is 6.92 Å². The lowest BCUT2D eigenvalue weighted by molar-refractivity contribution is 0.0728. The zero-order valence-corrected chi connectivity index (χ0v) is 23.2. The summed E-state index contributed by atoms with van der Waals surface area (Å²) in [6.45, 7) is 2.14. The second-order valence-electron chi connectivity index (χ2n) is 8.68. The molecule has 0 atom stereocenters. The first-order valence-corrected chi connectivity index (χ1v) is 12.9. The van der Waals surface area contributed by atoms with E-state index >= 15 is 0 Å². The Hall–Kier alpha value is -5.64. The van der Waals surface area contributed by atoms with E-state index in [2.05, 4.69) is 15.8 Å². The maximum atomic E-state index is 12.9. The van der Waals surface area contributed by atoms with E-state index in [1.807, 2.05) is 0 Å². The van der Waals surface area contributed by atoms with Crippen molar-refractivity contribution < 1.29 is 33.3 Å². The second kappa shape index (κ2) is 14.1. The van der Waals surface area contributed by atoms with E-state index in [1.54, 1.807) is 112 Å². The number of rotatable bonds is 11. The highest BCUT2D eigenvalue weighted by Crippen LogP contribution is 2.29. The average Bonchev–Trinajstić information content (AvgIpc) is 3.02. The van der Waals surface area contributed by atoms with Gasteiger partial charge in [0, 0.05) is 5.56 Å². The number of hydrogen-bond acceptors (Lipinski definition) is 8. The van der Waals surface area contributed by atoms with E-state index in [4.69, 9.17) is 18.9 Å². The topological polar surface area (TPSA) is 125 Å². The number of para-hydroxylation sites is 1. The van der Waals surface area contributed by atoms with Crippen LogP contribution in [0.4, 0.5) is 5.69 Å². The number of hydrazone groups is 1. The quantitative estimate of drug-likeness (QED) is 0.109. The summed E-state index contributed by atoms with van der Waals surface area (Å²) in [6.07, 6.45) is 1.42. The maximum absolute atomic E-state index is 12.9. The van der Waals surface area contributed by atoms with E-state index in [0.717, 1.165) is 0 Å². The van der Waals surface area contributed by atoms with Crippen molar-refractivity contribution in [2.24, 2.45) is 5.10 Å². The van der Waals surface area contributed by atoms with Gasteiger partial charge in [0.1, 0.15) is 11.5 Å². The van der Waals surface area contributed by atoms with Gasteiger partial charge >= 0.3 is 5.97 Å². The summed E-state index contributed by atoms with van der Waals surface area (Å²) in [5, 5.41) is 6.80. The number of anilines is 1. The van der Waals surface area contributed by atoms with E-state index in [1.165, 1.54) is 6.21 Å². The fraction of sp³-hybridized carbons (Fsp3) is 0.125. The Morgan fingerprint density at radius 2 is 1.40 bits per heavy atom. The Labute approximate surface area is 242 Å². The number of esters is 1. The molecular weight excluding hydrogens is 538 g/mol. The van der Waals surface area contributed by atoms with Crippen molar-refractivity contribution in [3.63, 3.8) is 0 Å². The molecule has 42 heavy (non-hydrogen) atoms. The summed E-state index contributed by atoms with van der Waals surface area (Å²) in [6, 6.07) is 24.6. The molecule has 2 amide bonds. The molecule has 0 spiro atoms. The molecule has 0 aliphatic carbocycles. The first kappa shape index (κ1) is 29.3. The van der Waals surface area contributed by atoms with Gasteiger partial charge in [-0.1, -0.05) is 12.1 Å². The van der Waals surface area contributed by atoms with Crippen LogP contribution in [0.3, 0.4) is 0 Å². The highest BCUT2D eigenvalue weighted by atomic mass is 16.6. The molecule has 0 radical (unpaired) electrons. The van der Waals surface area contributed by atoms with Crippen molar-refractivity contribution in [2.75, 3.05) is 26.1 Å². The summed E-state index contributed by atoms with van der Waals surface area (Å²) in [5.41, 5.74) is 4.38. The number of carbonyl (C=O) groups excluding carboxylic acids is 3. The van der Waals surface area contributed by atoms with Gasteiger partial charge in [0.2, 0.25) is 0 Å². The van der Waals surface area contributed by atoms with Crippen molar-refractivity contribution in [1.82, 2.24) is 5.43 Å². The van der Waals surface area contributed by atoms with Crippen molar-refractivity contribution >= 4 is 29.7 Å². The molecule has 0 saturated carbocycles. The summed E-state index contributed by atoms with van der Waals surface area (Å²) in [5.74, 6) is 0.372. The van der Waals surface area contributed by atoms with Crippen LogP contribution in [0, 0.1) is 0 Å². The lowest BCUT2D eigenvalue weighted by atomic mass is 10.1. The number of hydrogen-bond donors (Lipinski definition) is 2. The first-order chi connectivity index (χ1) is 20.4. The maximum Gasteiger partial charge on any atom is 0.343 e. The Kier molecular flexibility index (Phi) is 9.87. The van der Waals surface area contributed by atoms with Gasteiger partial charge in [0.25, 0.3) is 11.8 Å². The fourth-order valence-corrected chi connectivity index (χ4v) is 3.80. The molecule has 0 aromatic heterocycles. The van der Waals surface area contributed by atoms with Crippen LogP contribution in [0.25, 0.3) is 0 Å². The van der Waals surface area contributed by atoms with Gasteiger partial charge in [0.05, 0.1) is 43.9 Å². The number of benzene rings is 4. The van der Waals surface area contributed by atoms with Crippen molar-refractivity contribution in [3.05, 3.63) is 113 Å². The minimum Gasteiger partial charge on any atom is -0.497 e. The van der Waals surface area contributed by atoms with Crippen LogP contribution in [0.1, 0.15) is 43.6 Å². The largest absolute Gasteiger partial charge is 0.497 e. The van der Waals surface area contributed by atoms with Gasteiger partial charge in [0.15, 0.2) is 11.5 Å². The lowest BCUT2D eigenvalue weighted by Crippen LogP contribution is -2.21. The SMILES string of the molecule is CCOc1cc(/C=N\NC(=O)c2ccccc2NC(=O)c2ccc(OC)cc2)ccc1OC(=O)c1ccc(OC)cc1. The molecule has 4 aromatic carbocycles. The minimum atomic E-state index is -0.551. The predicted molar refractivity (Wildman–Crippen MR) is 158 cm³/mol. The smallest absolute Gasteiger partial charge is 0.343 e. The zero-order chi connectivity index (χ0) is 29.9. The van der Waals surface area contributed by atoms with Crippen molar-refractivity contribution in [1.29, 1.82) is 0 Å². The van der Waals surface area contributed by atoms with Crippen LogP contribution in [-0.4, -0.2) is 44.8 Å². The van der Waals surface area contributed by atoms with Crippen LogP contribution < -0.4 is 29.7 Å². The third-order valence-electron chi connectivity index (χ3n) is 5.95. The Balaban J connectivity index is 1.42. The molecule has 10 heteroatoms. The Bertz CT molecular complexity index is 1580. The van der Waals surface area contributed by atoms with Crippen LogP contribution in [0.2, 0.25) is 0 Å². The van der Waals surface area contributed by atoms with Crippen molar-refractivity contribution in [3.8, 4) is 23.0 Å². The molecule has 0 fully saturated rings. The van der Waals surface area contributed by atoms with Crippen LogP contribution in [0.15, 0.2) is 96.1 Å². The highest BCUT2D eigenvalue weighted by Gasteiger charge is 2.15. The molecule has 10 nitrogen and oxygen atoms in total. The third-order valence-corrected chi connectivity index (χ3v) is 5.95. The molecule has 0 unspecified atom stereocenters. The second-order valence-corrected chi connectivity index (χ2v) is 8.68. The zero-order valence-electron chi connectivity index (χ0n) is 23.2.